The molecule has 0 amide bonds. The second kappa shape index (κ2) is 4.83. The van der Waals surface area contributed by atoms with Gasteiger partial charge in [-0.3, -0.25) is 4.68 Å². The normalized spacial score (nSPS) is 12.8. The summed E-state index contributed by atoms with van der Waals surface area (Å²) in [6, 6.07) is 0. The van der Waals surface area contributed by atoms with Crippen LogP contribution in [0.4, 0.5) is 0 Å². The van der Waals surface area contributed by atoms with Crippen LogP contribution in [0, 0.1) is 12.3 Å². The van der Waals surface area contributed by atoms with Crippen molar-refractivity contribution in [3.63, 3.8) is 0 Å². The maximum atomic E-state index is 9.45. The van der Waals surface area contributed by atoms with E-state index in [1.165, 1.54) is 5.56 Å². The van der Waals surface area contributed by atoms with Gasteiger partial charge in [-0.2, -0.15) is 5.10 Å². The first-order chi connectivity index (χ1) is 6.63. The fourth-order valence-electron chi connectivity index (χ4n) is 1.19. The second-order valence-electron chi connectivity index (χ2n) is 3.71. The number of hydrogen-bond acceptors (Lipinski definition) is 2. The van der Waals surface area contributed by atoms with Gasteiger partial charge < -0.3 is 5.11 Å². The summed E-state index contributed by atoms with van der Waals surface area (Å²) in [5, 5.41) is 13.6. The van der Waals surface area contributed by atoms with Crippen LogP contribution >= 0.6 is 0 Å². The molecule has 0 bridgehead atoms. The van der Waals surface area contributed by atoms with Gasteiger partial charge in [0.2, 0.25) is 0 Å². The van der Waals surface area contributed by atoms with E-state index in [0.29, 0.717) is 18.9 Å². The van der Waals surface area contributed by atoms with Gasteiger partial charge >= 0.3 is 0 Å². The van der Waals surface area contributed by atoms with Crippen LogP contribution in [0.2, 0.25) is 0 Å². The Morgan fingerprint density at radius 2 is 2.36 bits per heavy atom. The van der Waals surface area contributed by atoms with E-state index in [-0.39, 0.29) is 0 Å². The van der Waals surface area contributed by atoms with Gasteiger partial charge in [0.15, 0.2) is 0 Å². The molecule has 0 aliphatic heterocycles. The highest BCUT2D eigenvalue weighted by Gasteiger charge is 2.06. The fraction of sp³-hybridized carbons (Fsp3) is 0.545. The van der Waals surface area contributed by atoms with E-state index in [9.17, 15) is 5.11 Å². The maximum absolute atomic E-state index is 9.45. The monoisotopic (exact) mass is 192 g/mol. The molecule has 1 heterocycles. The first-order valence-electron chi connectivity index (χ1n) is 4.77. The third kappa shape index (κ3) is 2.90. The Hall–Kier alpha value is -1.27. The summed E-state index contributed by atoms with van der Waals surface area (Å²) in [5.74, 6) is 2.89. The lowest BCUT2D eigenvalue weighted by Gasteiger charge is -2.06. The van der Waals surface area contributed by atoms with Gasteiger partial charge in [0, 0.05) is 12.6 Å². The topological polar surface area (TPSA) is 38.0 Å². The van der Waals surface area contributed by atoms with E-state index in [0.717, 1.165) is 0 Å². The average molecular weight is 192 g/mol. The largest absolute Gasteiger partial charge is 0.390 e. The van der Waals surface area contributed by atoms with Crippen molar-refractivity contribution in [3.05, 3.63) is 18.0 Å². The zero-order valence-corrected chi connectivity index (χ0v) is 8.64. The summed E-state index contributed by atoms with van der Waals surface area (Å²) in [5.41, 5.74) is 1.18. The molecule has 1 aromatic rings. The molecular formula is C11H16N2O. The van der Waals surface area contributed by atoms with Crippen LogP contribution in [0.3, 0.4) is 0 Å². The molecule has 3 heteroatoms. The van der Waals surface area contributed by atoms with Gasteiger partial charge in [0.1, 0.15) is 0 Å². The summed E-state index contributed by atoms with van der Waals surface area (Å²) in [6.07, 6.45) is 8.74. The first-order valence-corrected chi connectivity index (χ1v) is 4.77. The minimum atomic E-state index is -0.500. The van der Waals surface area contributed by atoms with E-state index < -0.39 is 6.10 Å². The number of aromatic nitrogens is 2. The van der Waals surface area contributed by atoms with Crippen molar-refractivity contribution >= 4 is 0 Å². The molecule has 0 aromatic carbocycles. The fourth-order valence-corrected chi connectivity index (χ4v) is 1.19. The molecule has 0 saturated heterocycles. The van der Waals surface area contributed by atoms with Crippen LogP contribution < -0.4 is 0 Å². The van der Waals surface area contributed by atoms with Crippen molar-refractivity contribution in [1.29, 1.82) is 0 Å². The zero-order chi connectivity index (χ0) is 10.6. The molecule has 76 valence electrons. The van der Waals surface area contributed by atoms with Crippen LogP contribution in [-0.2, 0) is 6.54 Å². The first kappa shape index (κ1) is 10.8. The predicted octanol–water partition coefficient (Wildman–Crippen LogP) is 1.39. The number of rotatable bonds is 4. The number of terminal acetylenes is 1. The molecule has 1 atom stereocenters. The van der Waals surface area contributed by atoms with Gasteiger partial charge in [-0.05, 0) is 11.5 Å². The highest BCUT2D eigenvalue weighted by molar-refractivity contribution is 5.08. The smallest absolute Gasteiger partial charge is 0.0844 e. The molecule has 0 radical (unpaired) electrons. The molecule has 1 unspecified atom stereocenters. The van der Waals surface area contributed by atoms with Crippen LogP contribution in [-0.4, -0.2) is 21.0 Å². The van der Waals surface area contributed by atoms with Crippen molar-refractivity contribution in [2.45, 2.75) is 38.8 Å². The second-order valence-corrected chi connectivity index (χ2v) is 3.71. The Labute approximate surface area is 84.8 Å². The molecule has 0 saturated carbocycles. The molecule has 0 aliphatic carbocycles. The van der Waals surface area contributed by atoms with Crippen LogP contribution in [0.25, 0.3) is 0 Å². The summed E-state index contributed by atoms with van der Waals surface area (Å²) >= 11 is 0. The molecule has 1 rings (SSSR count). The van der Waals surface area contributed by atoms with Gasteiger partial charge in [-0.25, -0.2) is 0 Å². The minimum Gasteiger partial charge on any atom is -0.390 e. The molecule has 14 heavy (non-hydrogen) atoms. The van der Waals surface area contributed by atoms with Gasteiger partial charge in [-0.1, -0.05) is 13.8 Å². The van der Waals surface area contributed by atoms with Crippen molar-refractivity contribution in [2.75, 3.05) is 0 Å². The Morgan fingerprint density at radius 1 is 1.64 bits per heavy atom. The minimum absolute atomic E-state index is 0.372. The van der Waals surface area contributed by atoms with Crippen molar-refractivity contribution in [3.8, 4) is 12.3 Å². The van der Waals surface area contributed by atoms with E-state index in [4.69, 9.17) is 6.42 Å². The van der Waals surface area contributed by atoms with Crippen molar-refractivity contribution in [2.24, 2.45) is 0 Å². The third-order valence-electron chi connectivity index (χ3n) is 2.07. The Bertz CT molecular complexity index is 322. The van der Waals surface area contributed by atoms with E-state index in [2.05, 4.69) is 24.9 Å². The Morgan fingerprint density at radius 3 is 2.86 bits per heavy atom. The van der Waals surface area contributed by atoms with E-state index >= 15 is 0 Å². The lowest BCUT2D eigenvalue weighted by Crippen LogP contribution is -2.15. The van der Waals surface area contributed by atoms with E-state index in [1.54, 1.807) is 4.68 Å². The molecule has 0 aliphatic rings. The maximum Gasteiger partial charge on any atom is 0.0844 e. The zero-order valence-electron chi connectivity index (χ0n) is 8.64. The third-order valence-corrected chi connectivity index (χ3v) is 2.07. The van der Waals surface area contributed by atoms with Gasteiger partial charge in [0.05, 0.1) is 18.8 Å². The highest BCUT2D eigenvalue weighted by atomic mass is 16.3. The molecular weight excluding hydrogens is 176 g/mol. The lowest BCUT2D eigenvalue weighted by atomic mass is 10.1. The predicted molar refractivity (Wildman–Crippen MR) is 55.8 cm³/mol. The quantitative estimate of drug-likeness (QED) is 0.732. The molecule has 0 fully saturated rings. The number of aliphatic hydroxyl groups is 1. The van der Waals surface area contributed by atoms with Gasteiger partial charge in [-0.15, -0.1) is 12.3 Å². The van der Waals surface area contributed by atoms with Gasteiger partial charge in [0.25, 0.3) is 0 Å². The highest BCUT2D eigenvalue weighted by Crippen LogP contribution is 2.12. The Balaban J connectivity index is 2.56. The van der Waals surface area contributed by atoms with Crippen molar-refractivity contribution in [1.82, 2.24) is 9.78 Å². The molecule has 3 nitrogen and oxygen atoms in total. The number of aliphatic hydroxyl groups excluding tert-OH is 1. The summed E-state index contributed by atoms with van der Waals surface area (Å²) in [6.45, 7) is 4.69. The summed E-state index contributed by atoms with van der Waals surface area (Å²) in [7, 11) is 0. The lowest BCUT2D eigenvalue weighted by molar-refractivity contribution is 0.154. The van der Waals surface area contributed by atoms with Crippen molar-refractivity contribution < 1.29 is 5.11 Å². The molecule has 0 spiro atoms. The Kier molecular flexibility index (Phi) is 3.73. The van der Waals surface area contributed by atoms with Crippen LogP contribution in [0.5, 0.6) is 0 Å². The average Bonchev–Trinajstić information content (AvgIpc) is 2.53. The molecule has 1 aromatic heterocycles. The standard InChI is InChI=1S/C11H16N2O/c1-4-5-11(14)8-13-7-10(6-12-13)9(2)3/h1,6-7,9,11,14H,5,8H2,2-3H3. The SMILES string of the molecule is C#CCC(O)Cn1cc(C(C)C)cn1. The number of nitrogens with zero attached hydrogens (tertiary/aromatic N) is 2. The molecule has 1 N–H and O–H groups in total. The number of hydrogen-bond donors (Lipinski definition) is 1. The van der Waals surface area contributed by atoms with Crippen LogP contribution in [0.15, 0.2) is 12.4 Å². The summed E-state index contributed by atoms with van der Waals surface area (Å²) < 4.78 is 1.73. The van der Waals surface area contributed by atoms with Crippen LogP contribution in [0.1, 0.15) is 31.7 Å². The van der Waals surface area contributed by atoms with E-state index in [1.807, 2.05) is 12.4 Å². The summed E-state index contributed by atoms with van der Waals surface area (Å²) in [4.78, 5) is 0.